The quantitative estimate of drug-likeness (QED) is 0.645. The molecule has 0 saturated carbocycles. The zero-order chi connectivity index (χ0) is 26.2. The van der Waals surface area contributed by atoms with Crippen LogP contribution in [-0.4, -0.2) is 82.0 Å². The minimum atomic E-state index is -0.949. The molecule has 1 aromatic rings. The van der Waals surface area contributed by atoms with Gasteiger partial charge in [-0.2, -0.15) is 5.26 Å². The zero-order valence-electron chi connectivity index (χ0n) is 21.2. The molecule has 10 heteroatoms. The largest absolute Gasteiger partial charge is 0.444 e. The van der Waals surface area contributed by atoms with Crippen molar-refractivity contribution in [1.82, 2.24) is 20.0 Å². The lowest BCUT2D eigenvalue weighted by Crippen LogP contribution is -2.59. The average molecular weight is 500 g/mol. The first kappa shape index (κ1) is 25.9. The van der Waals surface area contributed by atoms with E-state index in [0.29, 0.717) is 25.9 Å². The van der Waals surface area contributed by atoms with Crippen LogP contribution in [0.4, 0.5) is 9.18 Å². The lowest BCUT2D eigenvalue weighted by Gasteiger charge is -2.39. The lowest BCUT2D eigenvalue weighted by molar-refractivity contribution is -0.141. The summed E-state index contributed by atoms with van der Waals surface area (Å²) < 4.78 is 19.1. The highest BCUT2D eigenvalue weighted by molar-refractivity contribution is 5.88. The van der Waals surface area contributed by atoms with Crippen LogP contribution in [0.15, 0.2) is 24.3 Å². The molecule has 1 N–H and O–H groups in total. The van der Waals surface area contributed by atoms with Crippen molar-refractivity contribution < 1.29 is 23.5 Å². The number of benzene rings is 1. The number of hydrogen-bond donors (Lipinski definition) is 1. The van der Waals surface area contributed by atoms with Crippen molar-refractivity contribution in [1.29, 1.82) is 5.26 Å². The van der Waals surface area contributed by atoms with E-state index in [1.165, 1.54) is 17.0 Å². The zero-order valence-corrected chi connectivity index (χ0v) is 21.2. The molecule has 1 aromatic carbocycles. The highest BCUT2D eigenvalue weighted by atomic mass is 19.1. The van der Waals surface area contributed by atoms with E-state index in [0.717, 1.165) is 12.0 Å². The Hall–Kier alpha value is -3.19. The van der Waals surface area contributed by atoms with E-state index in [1.807, 2.05) is 17.9 Å². The molecule has 0 aromatic heterocycles. The van der Waals surface area contributed by atoms with Crippen LogP contribution in [0.1, 0.15) is 58.6 Å². The van der Waals surface area contributed by atoms with Crippen molar-refractivity contribution in [3.05, 3.63) is 35.6 Å². The summed E-state index contributed by atoms with van der Waals surface area (Å²) >= 11 is 0. The van der Waals surface area contributed by atoms with Crippen LogP contribution >= 0.6 is 0 Å². The van der Waals surface area contributed by atoms with E-state index in [9.17, 15) is 24.0 Å². The van der Waals surface area contributed by atoms with Gasteiger partial charge in [0.25, 0.3) is 0 Å². The third-order valence-electron chi connectivity index (χ3n) is 7.15. The van der Waals surface area contributed by atoms with Gasteiger partial charge in [-0.05, 0) is 64.7 Å². The van der Waals surface area contributed by atoms with Crippen molar-refractivity contribution in [3.8, 4) is 6.07 Å². The summed E-state index contributed by atoms with van der Waals surface area (Å²) in [6.07, 6.45) is 1.21. The maximum absolute atomic E-state index is 13.8. The van der Waals surface area contributed by atoms with Crippen LogP contribution in [0, 0.1) is 17.1 Å². The second-order valence-electron chi connectivity index (χ2n) is 10.9. The van der Waals surface area contributed by atoms with Crippen LogP contribution < -0.4 is 5.32 Å². The number of nitriles is 1. The molecule has 3 aliphatic heterocycles. The third-order valence-corrected chi connectivity index (χ3v) is 7.15. The van der Waals surface area contributed by atoms with Gasteiger partial charge in [0.05, 0.1) is 18.2 Å². The van der Waals surface area contributed by atoms with E-state index in [1.54, 1.807) is 31.7 Å². The number of fused-ring (bicyclic) bond motifs is 2. The molecule has 3 heterocycles. The molecule has 2 bridgehead atoms. The molecule has 0 radical (unpaired) electrons. The molecule has 1 unspecified atom stereocenters. The van der Waals surface area contributed by atoms with Crippen LogP contribution in [0.3, 0.4) is 0 Å². The number of hydrogen-bond acceptors (Lipinski definition) is 6. The number of nitrogens with zero attached hydrogens (tertiary/aromatic N) is 4. The Labute approximate surface area is 211 Å². The molecule has 3 aliphatic rings. The second kappa shape index (κ2) is 10.1. The molecule has 3 saturated heterocycles. The number of likely N-dealkylation sites (tertiary alicyclic amines) is 3. The Balaban J connectivity index is 1.48. The number of rotatable bonds is 6. The van der Waals surface area contributed by atoms with Crippen molar-refractivity contribution in [3.63, 3.8) is 0 Å². The highest BCUT2D eigenvalue weighted by Gasteiger charge is 2.52. The fourth-order valence-electron chi connectivity index (χ4n) is 5.56. The summed E-state index contributed by atoms with van der Waals surface area (Å²) in [5.74, 6) is -0.752. The van der Waals surface area contributed by atoms with Crippen LogP contribution in [-0.2, 0) is 14.3 Å². The first-order valence-electron chi connectivity index (χ1n) is 12.5. The molecule has 3 amide bonds. The summed E-state index contributed by atoms with van der Waals surface area (Å²) in [6.45, 7) is 8.24. The fraction of sp³-hybridized carbons (Fsp3) is 0.615. The van der Waals surface area contributed by atoms with Crippen molar-refractivity contribution in [2.45, 2.75) is 82.8 Å². The maximum Gasteiger partial charge on any atom is 0.408 e. The van der Waals surface area contributed by atoms with Gasteiger partial charge in [0.15, 0.2) is 0 Å². The molecule has 194 valence electrons. The Bertz CT molecular complexity index is 1070. The van der Waals surface area contributed by atoms with Crippen LogP contribution in [0.5, 0.6) is 0 Å². The van der Waals surface area contributed by atoms with Gasteiger partial charge in [0.1, 0.15) is 23.5 Å². The van der Waals surface area contributed by atoms with Gasteiger partial charge in [-0.15, -0.1) is 0 Å². The van der Waals surface area contributed by atoms with Gasteiger partial charge in [0.2, 0.25) is 11.8 Å². The van der Waals surface area contributed by atoms with Crippen LogP contribution in [0.2, 0.25) is 0 Å². The second-order valence-corrected chi connectivity index (χ2v) is 10.9. The first-order valence-corrected chi connectivity index (χ1v) is 12.5. The minimum absolute atomic E-state index is 0.0671. The average Bonchev–Trinajstić information content (AvgIpc) is 3.51. The van der Waals surface area contributed by atoms with Crippen molar-refractivity contribution >= 4 is 17.9 Å². The molecular formula is C26H34FN5O4. The van der Waals surface area contributed by atoms with Gasteiger partial charge in [-0.25, -0.2) is 9.18 Å². The summed E-state index contributed by atoms with van der Waals surface area (Å²) in [5, 5.41) is 12.2. The van der Waals surface area contributed by atoms with Gasteiger partial charge in [-0.1, -0.05) is 12.1 Å². The van der Waals surface area contributed by atoms with Gasteiger partial charge >= 0.3 is 6.09 Å². The fourth-order valence-corrected chi connectivity index (χ4v) is 5.56. The highest BCUT2D eigenvalue weighted by Crippen LogP contribution is 2.38. The van der Waals surface area contributed by atoms with E-state index in [4.69, 9.17) is 4.74 Å². The standard InChI is InChI=1S/C26H34FN5O4/c1-16(17-7-5-8-18(27)11-17)32-20-12-22(24(32)34)30(14-20)15-21(29-25(35)36-26(2,3)4)23(33)31-10-6-9-19(31)13-28/h5,7-8,11,16,19-22H,6,9-10,12,14-15H2,1-4H3,(H,29,35)/t16-,19+,20?,21+,22-/m1/s1. The molecule has 36 heavy (non-hydrogen) atoms. The number of alkyl carbamates (subject to hydrolysis) is 1. The SMILES string of the molecule is C[C@H](c1cccc(F)c1)N1C(=O)[C@H]2CC1CN2C[C@H](NC(=O)OC(C)(C)C)C(=O)N1CCC[C@H]1C#N. The third kappa shape index (κ3) is 5.31. The molecule has 9 nitrogen and oxygen atoms in total. The Morgan fingerprint density at radius 2 is 2.08 bits per heavy atom. The number of ether oxygens (including phenoxy) is 1. The number of halogens is 1. The molecule has 4 rings (SSSR count). The summed E-state index contributed by atoms with van der Waals surface area (Å²) in [7, 11) is 0. The van der Waals surface area contributed by atoms with E-state index in [2.05, 4.69) is 11.4 Å². The normalized spacial score (nSPS) is 25.6. The van der Waals surface area contributed by atoms with E-state index < -0.39 is 29.8 Å². The predicted octanol–water partition coefficient (Wildman–Crippen LogP) is 2.58. The first-order chi connectivity index (χ1) is 17.0. The van der Waals surface area contributed by atoms with E-state index >= 15 is 0 Å². The van der Waals surface area contributed by atoms with Crippen molar-refractivity contribution in [2.75, 3.05) is 19.6 Å². The summed E-state index contributed by atoms with van der Waals surface area (Å²) in [5.41, 5.74) is -0.00446. The van der Waals surface area contributed by atoms with Crippen LogP contribution in [0.25, 0.3) is 0 Å². The predicted molar refractivity (Wildman–Crippen MR) is 129 cm³/mol. The Morgan fingerprint density at radius 3 is 2.72 bits per heavy atom. The Kier molecular flexibility index (Phi) is 7.23. The van der Waals surface area contributed by atoms with E-state index in [-0.39, 0.29) is 36.3 Å². The number of amides is 3. The Morgan fingerprint density at radius 1 is 1.33 bits per heavy atom. The topological polar surface area (TPSA) is 106 Å². The molecule has 3 fully saturated rings. The maximum atomic E-state index is 13.8. The number of carbonyl (C=O) groups excluding carboxylic acids is 3. The minimum Gasteiger partial charge on any atom is -0.444 e. The van der Waals surface area contributed by atoms with Crippen molar-refractivity contribution in [2.24, 2.45) is 0 Å². The smallest absolute Gasteiger partial charge is 0.408 e. The molecule has 0 aliphatic carbocycles. The number of piperazine rings is 1. The summed E-state index contributed by atoms with van der Waals surface area (Å²) in [6, 6.07) is 6.19. The summed E-state index contributed by atoms with van der Waals surface area (Å²) in [4.78, 5) is 44.6. The molecular weight excluding hydrogens is 465 g/mol. The molecule has 5 atom stereocenters. The van der Waals surface area contributed by atoms with Gasteiger partial charge < -0.3 is 19.9 Å². The number of nitrogens with one attached hydrogen (secondary N) is 1. The lowest BCUT2D eigenvalue weighted by atomic mass is 10.1. The molecule has 0 spiro atoms. The number of carbonyl (C=O) groups is 3. The monoisotopic (exact) mass is 499 g/mol. The van der Waals surface area contributed by atoms with Gasteiger partial charge in [-0.3, -0.25) is 14.5 Å². The van der Waals surface area contributed by atoms with Gasteiger partial charge in [0, 0.05) is 25.7 Å².